The number of amides is 1. The predicted molar refractivity (Wildman–Crippen MR) is 108 cm³/mol. The average molecular weight is 376 g/mol. The van der Waals surface area contributed by atoms with Crippen LogP contribution in [0.2, 0.25) is 0 Å². The lowest BCUT2D eigenvalue weighted by Gasteiger charge is -2.14. The van der Waals surface area contributed by atoms with Gasteiger partial charge in [-0.25, -0.2) is 0 Å². The van der Waals surface area contributed by atoms with Crippen LogP contribution in [0.5, 0.6) is 5.75 Å². The van der Waals surface area contributed by atoms with E-state index in [9.17, 15) is 4.79 Å². The first-order chi connectivity index (χ1) is 13.7. The van der Waals surface area contributed by atoms with Gasteiger partial charge in [0.15, 0.2) is 0 Å². The van der Waals surface area contributed by atoms with Crippen molar-refractivity contribution in [2.24, 2.45) is 7.05 Å². The van der Waals surface area contributed by atoms with Crippen LogP contribution < -0.4 is 15.4 Å². The largest absolute Gasteiger partial charge is 0.489 e. The standard InChI is InChI=1S/C22H24N4O2/c1-26-20-9-4-10-23-22(27)19-12-16(13-24-19)28-15-6-2-5-14(11-15)17-7-3-8-18(25-26)21(17)20/h2-3,5-8,11,16,19,24H,4,9-10,12-13H2,1H3,(H,23,27). The minimum atomic E-state index is -0.182. The molecule has 0 spiro atoms. The van der Waals surface area contributed by atoms with Crippen molar-refractivity contribution in [3.63, 3.8) is 0 Å². The third kappa shape index (κ3) is 3.03. The molecule has 1 fully saturated rings. The molecular weight excluding hydrogens is 352 g/mol. The van der Waals surface area contributed by atoms with E-state index < -0.39 is 0 Å². The van der Waals surface area contributed by atoms with E-state index in [1.807, 2.05) is 23.9 Å². The summed E-state index contributed by atoms with van der Waals surface area (Å²) >= 11 is 0. The molecule has 3 heterocycles. The summed E-state index contributed by atoms with van der Waals surface area (Å²) in [7, 11) is 1.99. The van der Waals surface area contributed by atoms with E-state index in [0.29, 0.717) is 19.5 Å². The first-order valence-corrected chi connectivity index (χ1v) is 9.92. The van der Waals surface area contributed by atoms with Crippen molar-refractivity contribution in [3.8, 4) is 16.9 Å². The normalized spacial score (nSPS) is 22.2. The Morgan fingerprint density at radius 3 is 3.04 bits per heavy atom. The second-order valence-electron chi connectivity index (χ2n) is 7.63. The van der Waals surface area contributed by atoms with Crippen molar-refractivity contribution in [1.82, 2.24) is 20.4 Å². The number of nitrogens with one attached hydrogen (secondary N) is 2. The lowest BCUT2D eigenvalue weighted by atomic mass is 9.98. The molecule has 2 aliphatic rings. The van der Waals surface area contributed by atoms with Crippen LogP contribution in [0.3, 0.4) is 0 Å². The maximum atomic E-state index is 12.4. The zero-order valence-electron chi connectivity index (χ0n) is 15.9. The lowest BCUT2D eigenvalue weighted by Crippen LogP contribution is -2.40. The molecule has 1 aromatic heterocycles. The number of hydrogen-bond acceptors (Lipinski definition) is 4. The third-order valence-corrected chi connectivity index (χ3v) is 5.72. The van der Waals surface area contributed by atoms with Gasteiger partial charge in [-0.05, 0) is 42.2 Å². The van der Waals surface area contributed by atoms with Crippen LogP contribution >= 0.6 is 0 Å². The number of carbonyl (C=O) groups excluding carboxylic acids is 1. The monoisotopic (exact) mass is 376 g/mol. The molecule has 0 saturated carbocycles. The number of benzene rings is 2. The fraction of sp³-hybridized carbons (Fsp3) is 0.364. The molecule has 2 unspecified atom stereocenters. The topological polar surface area (TPSA) is 68.2 Å². The maximum absolute atomic E-state index is 12.4. The molecule has 2 N–H and O–H groups in total. The molecule has 0 radical (unpaired) electrons. The van der Waals surface area contributed by atoms with Crippen LogP contribution in [-0.2, 0) is 18.3 Å². The van der Waals surface area contributed by atoms with Crippen LogP contribution in [0.25, 0.3) is 22.0 Å². The summed E-state index contributed by atoms with van der Waals surface area (Å²) in [6.45, 7) is 1.34. The van der Waals surface area contributed by atoms with Gasteiger partial charge < -0.3 is 15.4 Å². The molecule has 28 heavy (non-hydrogen) atoms. The van der Waals surface area contributed by atoms with E-state index in [1.54, 1.807) is 0 Å². The molecule has 2 aromatic carbocycles. The van der Waals surface area contributed by atoms with Crippen molar-refractivity contribution in [1.29, 1.82) is 0 Å². The first kappa shape index (κ1) is 17.3. The Bertz CT molecular complexity index is 1040. The number of hydrogen-bond donors (Lipinski definition) is 2. The van der Waals surface area contributed by atoms with Crippen LogP contribution in [0.4, 0.5) is 0 Å². The van der Waals surface area contributed by atoms with Gasteiger partial charge in [0, 0.05) is 37.6 Å². The number of aryl methyl sites for hydroxylation is 2. The van der Waals surface area contributed by atoms with Gasteiger partial charge in [0.25, 0.3) is 0 Å². The molecule has 6 nitrogen and oxygen atoms in total. The zero-order valence-corrected chi connectivity index (χ0v) is 15.9. The summed E-state index contributed by atoms with van der Waals surface area (Å²) in [4.78, 5) is 12.4. The van der Waals surface area contributed by atoms with E-state index in [0.717, 1.165) is 29.7 Å². The van der Waals surface area contributed by atoms with Gasteiger partial charge >= 0.3 is 0 Å². The highest BCUT2D eigenvalue weighted by atomic mass is 16.5. The van der Waals surface area contributed by atoms with Crippen molar-refractivity contribution in [3.05, 3.63) is 48.2 Å². The van der Waals surface area contributed by atoms with Crippen molar-refractivity contribution in [2.75, 3.05) is 13.1 Å². The lowest BCUT2D eigenvalue weighted by molar-refractivity contribution is -0.122. The third-order valence-electron chi connectivity index (χ3n) is 5.72. The summed E-state index contributed by atoms with van der Waals surface area (Å²) < 4.78 is 8.17. The fourth-order valence-corrected chi connectivity index (χ4v) is 4.35. The summed E-state index contributed by atoms with van der Waals surface area (Å²) in [6.07, 6.45) is 2.43. The first-order valence-electron chi connectivity index (χ1n) is 9.92. The van der Waals surface area contributed by atoms with Crippen molar-refractivity contribution < 1.29 is 9.53 Å². The number of fused-ring (bicyclic) bond motifs is 5. The second kappa shape index (κ2) is 6.95. The molecule has 3 aromatic rings. The Morgan fingerprint density at radius 1 is 1.21 bits per heavy atom. The van der Waals surface area contributed by atoms with E-state index in [2.05, 4.69) is 41.0 Å². The molecular formula is C22H24N4O2. The van der Waals surface area contributed by atoms with Crippen LogP contribution in [0.1, 0.15) is 18.5 Å². The summed E-state index contributed by atoms with van der Waals surface area (Å²) in [5.74, 6) is 0.896. The summed E-state index contributed by atoms with van der Waals surface area (Å²) in [5.41, 5.74) is 4.50. The van der Waals surface area contributed by atoms with Gasteiger partial charge in [-0.2, -0.15) is 5.10 Å². The minimum absolute atomic E-state index is 0.000809. The molecule has 1 amide bonds. The number of rotatable bonds is 0. The highest BCUT2D eigenvalue weighted by Crippen LogP contribution is 2.33. The number of aromatic nitrogens is 2. The van der Waals surface area contributed by atoms with E-state index in [4.69, 9.17) is 9.84 Å². The van der Waals surface area contributed by atoms with Gasteiger partial charge in [-0.3, -0.25) is 9.48 Å². The molecule has 4 bridgehead atoms. The Balaban J connectivity index is 1.62. The van der Waals surface area contributed by atoms with E-state index in [1.165, 1.54) is 16.6 Å². The minimum Gasteiger partial charge on any atom is -0.489 e. The SMILES string of the molecule is Cn1nc2cccc3c2c1CCCNC(=O)C1CC(CN1)Oc1cccc-3c1. The Hall–Kier alpha value is -2.86. The zero-order chi connectivity index (χ0) is 19.1. The van der Waals surface area contributed by atoms with E-state index in [-0.39, 0.29) is 18.1 Å². The van der Waals surface area contributed by atoms with Crippen LogP contribution in [-0.4, -0.2) is 40.9 Å². The Labute approximate surface area is 163 Å². The molecule has 5 rings (SSSR count). The second-order valence-corrected chi connectivity index (χ2v) is 7.63. The fourth-order valence-electron chi connectivity index (χ4n) is 4.35. The smallest absolute Gasteiger partial charge is 0.237 e. The van der Waals surface area contributed by atoms with Gasteiger partial charge in [0.05, 0.1) is 11.6 Å². The number of ether oxygens (including phenoxy) is 1. The quantitative estimate of drug-likeness (QED) is 0.632. The summed E-state index contributed by atoms with van der Waals surface area (Å²) in [5, 5.41) is 12.2. The summed E-state index contributed by atoms with van der Waals surface area (Å²) in [6, 6.07) is 14.3. The average Bonchev–Trinajstić information content (AvgIpc) is 3.28. The molecule has 2 atom stereocenters. The molecule has 1 saturated heterocycles. The van der Waals surface area contributed by atoms with E-state index >= 15 is 0 Å². The molecule has 144 valence electrons. The predicted octanol–water partition coefficient (Wildman–Crippen LogP) is 2.41. The van der Waals surface area contributed by atoms with Crippen molar-refractivity contribution >= 4 is 16.8 Å². The Kier molecular flexibility index (Phi) is 4.28. The van der Waals surface area contributed by atoms with Crippen molar-refractivity contribution in [2.45, 2.75) is 31.4 Å². The van der Waals surface area contributed by atoms with Crippen LogP contribution in [0.15, 0.2) is 42.5 Å². The van der Waals surface area contributed by atoms with Crippen LogP contribution in [0, 0.1) is 0 Å². The van der Waals surface area contributed by atoms with Gasteiger partial charge in [0.1, 0.15) is 11.9 Å². The van der Waals surface area contributed by atoms with Gasteiger partial charge in [-0.1, -0.05) is 24.3 Å². The molecule has 2 aliphatic heterocycles. The highest BCUT2D eigenvalue weighted by molar-refractivity contribution is 5.97. The molecule has 6 heteroatoms. The van der Waals surface area contributed by atoms with Gasteiger partial charge in [-0.15, -0.1) is 0 Å². The maximum Gasteiger partial charge on any atom is 0.237 e. The highest BCUT2D eigenvalue weighted by Gasteiger charge is 2.30. The number of nitrogens with zero attached hydrogens (tertiary/aromatic N) is 2. The Morgan fingerprint density at radius 2 is 2.11 bits per heavy atom. The molecule has 0 aliphatic carbocycles. The van der Waals surface area contributed by atoms with Gasteiger partial charge in [0.2, 0.25) is 5.91 Å². The number of carbonyl (C=O) groups is 1.